The normalized spacial score (nSPS) is 11.6. The summed E-state index contributed by atoms with van der Waals surface area (Å²) >= 11 is 3.16. The van der Waals surface area contributed by atoms with Gasteiger partial charge in [-0.05, 0) is 29.5 Å². The number of aromatic carboxylic acids is 1. The van der Waals surface area contributed by atoms with Crippen molar-refractivity contribution in [3.63, 3.8) is 0 Å². The van der Waals surface area contributed by atoms with Crippen LogP contribution in [0, 0.1) is 0 Å². The maximum absolute atomic E-state index is 11.9. The summed E-state index contributed by atoms with van der Waals surface area (Å²) in [6, 6.07) is 4.54. The third kappa shape index (κ3) is 6.31. The van der Waals surface area contributed by atoms with E-state index in [0.717, 1.165) is 5.56 Å². The predicted molar refractivity (Wildman–Crippen MR) is 71.3 cm³/mol. The molecule has 0 bridgehead atoms. The Morgan fingerprint density at radius 3 is 2.63 bits per heavy atom. The van der Waals surface area contributed by atoms with E-state index in [9.17, 15) is 18.0 Å². The van der Waals surface area contributed by atoms with Gasteiger partial charge in [-0.2, -0.15) is 13.2 Å². The van der Waals surface area contributed by atoms with Crippen molar-refractivity contribution in [2.75, 3.05) is 12.3 Å². The molecular formula is C11H11BrF3NO2S. The second-order valence-electron chi connectivity index (χ2n) is 3.58. The van der Waals surface area contributed by atoms with Gasteiger partial charge in [0, 0.05) is 23.3 Å². The van der Waals surface area contributed by atoms with Gasteiger partial charge < -0.3 is 10.4 Å². The number of thioether (sulfide) groups is 1. The van der Waals surface area contributed by atoms with Crippen molar-refractivity contribution in [3.05, 3.63) is 33.8 Å². The van der Waals surface area contributed by atoms with Crippen molar-refractivity contribution >= 4 is 33.7 Å². The van der Waals surface area contributed by atoms with Gasteiger partial charge in [0.25, 0.3) is 0 Å². The van der Waals surface area contributed by atoms with E-state index in [1.165, 1.54) is 12.1 Å². The van der Waals surface area contributed by atoms with Crippen molar-refractivity contribution in [3.8, 4) is 0 Å². The summed E-state index contributed by atoms with van der Waals surface area (Å²) in [4.78, 5) is 10.7. The molecule has 0 saturated heterocycles. The van der Waals surface area contributed by atoms with Crippen LogP contribution in [0.2, 0.25) is 0 Å². The molecule has 0 fully saturated rings. The Labute approximate surface area is 120 Å². The number of nitrogens with one attached hydrogen (secondary N) is 1. The molecule has 19 heavy (non-hydrogen) atoms. The minimum absolute atomic E-state index is 0.0612. The largest absolute Gasteiger partial charge is 0.478 e. The highest BCUT2D eigenvalue weighted by molar-refractivity contribution is 9.10. The van der Waals surface area contributed by atoms with E-state index in [0.29, 0.717) is 11.0 Å². The van der Waals surface area contributed by atoms with Gasteiger partial charge in [-0.25, -0.2) is 4.79 Å². The molecule has 0 saturated carbocycles. The van der Waals surface area contributed by atoms with E-state index in [4.69, 9.17) is 5.11 Å². The van der Waals surface area contributed by atoms with Crippen LogP contribution in [0.25, 0.3) is 0 Å². The molecule has 0 unspecified atom stereocenters. The van der Waals surface area contributed by atoms with E-state index >= 15 is 0 Å². The number of halogens is 4. The summed E-state index contributed by atoms with van der Waals surface area (Å²) in [6.45, 7) is 0.593. The van der Waals surface area contributed by atoms with Gasteiger partial charge in [0.2, 0.25) is 0 Å². The van der Waals surface area contributed by atoms with Crippen molar-refractivity contribution in [1.82, 2.24) is 5.32 Å². The molecule has 0 spiro atoms. The average molecular weight is 358 g/mol. The molecule has 1 aromatic rings. The number of carboxylic acids is 1. The molecule has 0 radical (unpaired) electrons. The van der Waals surface area contributed by atoms with Crippen LogP contribution in [-0.2, 0) is 6.54 Å². The summed E-state index contributed by atoms with van der Waals surface area (Å²) in [6.07, 6.45) is 0. The van der Waals surface area contributed by atoms with Gasteiger partial charge in [-0.15, -0.1) is 0 Å². The summed E-state index contributed by atoms with van der Waals surface area (Å²) in [7, 11) is 0. The van der Waals surface area contributed by atoms with Crippen molar-refractivity contribution in [2.24, 2.45) is 0 Å². The predicted octanol–water partition coefficient (Wildman–Crippen LogP) is 3.49. The summed E-state index contributed by atoms with van der Waals surface area (Å²) in [5.74, 6) is -1.09. The van der Waals surface area contributed by atoms with E-state index in [1.807, 2.05) is 0 Å². The Bertz CT molecular complexity index is 454. The van der Waals surface area contributed by atoms with Gasteiger partial charge in [0.15, 0.2) is 0 Å². The molecule has 2 N–H and O–H groups in total. The van der Waals surface area contributed by atoms with E-state index in [-0.39, 0.29) is 29.6 Å². The SMILES string of the molecule is O=C(O)c1ccc(CNCCSC(F)(F)F)c(Br)c1. The monoisotopic (exact) mass is 357 g/mol. The summed E-state index contributed by atoms with van der Waals surface area (Å²) < 4.78 is 36.2. The number of benzene rings is 1. The van der Waals surface area contributed by atoms with Crippen LogP contribution >= 0.6 is 27.7 Å². The molecule has 0 aliphatic rings. The zero-order valence-corrected chi connectivity index (χ0v) is 12.0. The van der Waals surface area contributed by atoms with Crippen LogP contribution in [0.5, 0.6) is 0 Å². The lowest BCUT2D eigenvalue weighted by Crippen LogP contribution is -2.18. The van der Waals surface area contributed by atoms with Crippen LogP contribution in [0.15, 0.2) is 22.7 Å². The average Bonchev–Trinajstić information content (AvgIpc) is 2.28. The molecule has 0 aliphatic carbocycles. The van der Waals surface area contributed by atoms with Gasteiger partial charge in [0.05, 0.1) is 5.56 Å². The first-order valence-electron chi connectivity index (χ1n) is 5.23. The van der Waals surface area contributed by atoms with Gasteiger partial charge >= 0.3 is 11.5 Å². The highest BCUT2D eigenvalue weighted by atomic mass is 79.9. The van der Waals surface area contributed by atoms with Gasteiger partial charge in [-0.3, -0.25) is 0 Å². The fourth-order valence-corrected chi connectivity index (χ4v) is 2.28. The highest BCUT2D eigenvalue weighted by Crippen LogP contribution is 2.29. The number of rotatable bonds is 6. The fraction of sp³-hybridized carbons (Fsp3) is 0.364. The molecule has 0 aliphatic heterocycles. The fourth-order valence-electron chi connectivity index (χ4n) is 1.29. The second-order valence-corrected chi connectivity index (χ2v) is 5.60. The molecule has 1 rings (SSSR count). The number of alkyl halides is 3. The lowest BCUT2D eigenvalue weighted by molar-refractivity contribution is -0.0327. The lowest BCUT2D eigenvalue weighted by Gasteiger charge is -2.08. The Morgan fingerprint density at radius 1 is 1.42 bits per heavy atom. The molecular weight excluding hydrogens is 347 g/mol. The zero-order valence-electron chi connectivity index (χ0n) is 9.63. The van der Waals surface area contributed by atoms with E-state index in [1.54, 1.807) is 6.07 Å². The second kappa shape index (κ2) is 7.16. The smallest absolute Gasteiger partial charge is 0.441 e. The Balaban J connectivity index is 2.40. The lowest BCUT2D eigenvalue weighted by atomic mass is 10.1. The minimum atomic E-state index is -4.20. The highest BCUT2D eigenvalue weighted by Gasteiger charge is 2.27. The molecule has 0 atom stereocenters. The molecule has 0 heterocycles. The standard InChI is InChI=1S/C11H11BrF3NO2S/c12-9-5-7(10(17)18)1-2-8(9)6-16-3-4-19-11(13,14)15/h1-2,5,16H,3-4,6H2,(H,17,18). The van der Waals surface area contributed by atoms with E-state index < -0.39 is 11.5 Å². The quantitative estimate of drug-likeness (QED) is 0.765. The van der Waals surface area contributed by atoms with Crippen molar-refractivity contribution in [1.29, 1.82) is 0 Å². The first-order chi connectivity index (χ1) is 8.79. The third-order valence-electron chi connectivity index (χ3n) is 2.16. The van der Waals surface area contributed by atoms with Crippen LogP contribution in [-0.4, -0.2) is 28.9 Å². The van der Waals surface area contributed by atoms with Crippen LogP contribution in [0.4, 0.5) is 13.2 Å². The zero-order chi connectivity index (χ0) is 14.5. The van der Waals surface area contributed by atoms with Crippen molar-refractivity contribution < 1.29 is 23.1 Å². The number of hydrogen-bond donors (Lipinski definition) is 2. The molecule has 106 valence electrons. The molecule has 0 aromatic heterocycles. The Morgan fingerprint density at radius 2 is 2.11 bits per heavy atom. The maximum atomic E-state index is 11.9. The van der Waals surface area contributed by atoms with Gasteiger partial charge in [0.1, 0.15) is 0 Å². The van der Waals surface area contributed by atoms with Crippen LogP contribution < -0.4 is 5.32 Å². The van der Waals surface area contributed by atoms with Gasteiger partial charge in [-0.1, -0.05) is 22.0 Å². The minimum Gasteiger partial charge on any atom is -0.478 e. The van der Waals surface area contributed by atoms with Crippen LogP contribution in [0.3, 0.4) is 0 Å². The molecule has 8 heteroatoms. The number of carbonyl (C=O) groups is 1. The first-order valence-corrected chi connectivity index (χ1v) is 7.00. The summed E-state index contributed by atoms with van der Waals surface area (Å²) in [5, 5.41) is 11.6. The van der Waals surface area contributed by atoms with Crippen LogP contribution in [0.1, 0.15) is 15.9 Å². The van der Waals surface area contributed by atoms with E-state index in [2.05, 4.69) is 21.2 Å². The number of carboxylic acid groups (broad SMARTS) is 1. The van der Waals surface area contributed by atoms with Crippen molar-refractivity contribution in [2.45, 2.75) is 12.1 Å². The summed E-state index contributed by atoms with van der Waals surface area (Å²) in [5.41, 5.74) is -3.25. The molecule has 0 amide bonds. The Hall–Kier alpha value is -0.730. The Kier molecular flexibility index (Phi) is 6.15. The topological polar surface area (TPSA) is 49.3 Å². The molecule has 1 aromatic carbocycles. The maximum Gasteiger partial charge on any atom is 0.441 e. The molecule has 3 nitrogen and oxygen atoms in total. The first kappa shape index (κ1) is 16.3. The number of hydrogen-bond acceptors (Lipinski definition) is 3. The third-order valence-corrected chi connectivity index (χ3v) is 3.63.